The van der Waals surface area contributed by atoms with Crippen molar-refractivity contribution in [3.8, 4) is 5.75 Å². The van der Waals surface area contributed by atoms with E-state index in [1.54, 1.807) is 6.07 Å². The fourth-order valence-corrected chi connectivity index (χ4v) is 7.42. The largest absolute Gasteiger partial charge is 0.493 e. The number of hydrogen-bond donors (Lipinski definition) is 2. The fraction of sp³-hybridized carbons (Fsp3) is 0.680. The first-order valence-electron chi connectivity index (χ1n) is 12.0. The van der Waals surface area contributed by atoms with Crippen LogP contribution in [0.25, 0.3) is 0 Å². The Kier molecular flexibility index (Phi) is 4.59. The van der Waals surface area contributed by atoms with Crippen LogP contribution in [0.5, 0.6) is 5.75 Å². The molecule has 6 aliphatic rings. The summed E-state index contributed by atoms with van der Waals surface area (Å²) in [4.78, 5) is 25.7. The van der Waals surface area contributed by atoms with Crippen molar-refractivity contribution < 1.29 is 28.9 Å². The van der Waals surface area contributed by atoms with Crippen molar-refractivity contribution in [2.24, 2.45) is 23.2 Å². The third-order valence-corrected chi connectivity index (χ3v) is 8.81. The Balaban J connectivity index is 1.25. The van der Waals surface area contributed by atoms with Gasteiger partial charge in [-0.15, -0.1) is 0 Å². The lowest BCUT2D eigenvalue weighted by Gasteiger charge is -2.38. The number of carbonyl (C=O) groups is 2. The minimum atomic E-state index is -1.34. The average molecular weight is 444 g/mol. The molecule has 1 heterocycles. The van der Waals surface area contributed by atoms with Gasteiger partial charge < -0.3 is 19.8 Å². The first kappa shape index (κ1) is 20.5. The van der Waals surface area contributed by atoms with Crippen LogP contribution in [-0.4, -0.2) is 52.3 Å². The SMILES string of the molecule is O=C(O)[C@@H]1[C@H](O)CCN1C(=O)c1cc(C2CC2)c(OCC23CC4CC(C2)C(C4)C3)cc1F. The van der Waals surface area contributed by atoms with Crippen molar-refractivity contribution in [3.63, 3.8) is 0 Å². The van der Waals surface area contributed by atoms with Gasteiger partial charge in [-0.2, -0.15) is 0 Å². The zero-order valence-electron chi connectivity index (χ0n) is 18.1. The molecule has 7 rings (SSSR count). The maximum atomic E-state index is 15.1. The van der Waals surface area contributed by atoms with Gasteiger partial charge in [0.1, 0.15) is 11.6 Å². The Bertz CT molecular complexity index is 956. The first-order chi connectivity index (χ1) is 15.3. The third kappa shape index (κ3) is 3.23. The summed E-state index contributed by atoms with van der Waals surface area (Å²) in [7, 11) is 0. The van der Waals surface area contributed by atoms with Crippen molar-refractivity contribution in [2.75, 3.05) is 13.2 Å². The summed E-state index contributed by atoms with van der Waals surface area (Å²) in [6.07, 6.45) is 7.39. The Hall–Kier alpha value is -2.15. The molecule has 5 aliphatic carbocycles. The molecule has 1 saturated heterocycles. The van der Waals surface area contributed by atoms with Crippen LogP contribution in [-0.2, 0) is 4.79 Å². The zero-order chi connectivity index (χ0) is 22.2. The van der Waals surface area contributed by atoms with E-state index >= 15 is 4.39 Å². The molecule has 1 aromatic carbocycles. The second kappa shape index (κ2) is 7.17. The van der Waals surface area contributed by atoms with Crippen LogP contribution in [0.3, 0.4) is 0 Å². The highest BCUT2D eigenvalue weighted by molar-refractivity contribution is 5.97. The summed E-state index contributed by atoms with van der Waals surface area (Å²) in [5, 5.41) is 19.4. The van der Waals surface area contributed by atoms with Gasteiger partial charge >= 0.3 is 5.97 Å². The monoisotopic (exact) mass is 443 g/mol. The molecule has 4 bridgehead atoms. The van der Waals surface area contributed by atoms with Crippen LogP contribution in [0.15, 0.2) is 12.1 Å². The summed E-state index contributed by atoms with van der Waals surface area (Å²) in [6.45, 7) is 0.710. The zero-order valence-corrected chi connectivity index (χ0v) is 18.1. The predicted octanol–water partition coefficient (Wildman–Crippen LogP) is 3.57. The van der Waals surface area contributed by atoms with E-state index in [1.807, 2.05) is 0 Å². The molecule has 0 radical (unpaired) electrons. The smallest absolute Gasteiger partial charge is 0.329 e. The molecule has 1 aliphatic heterocycles. The van der Waals surface area contributed by atoms with Gasteiger partial charge in [0.15, 0.2) is 6.04 Å². The predicted molar refractivity (Wildman–Crippen MR) is 113 cm³/mol. The van der Waals surface area contributed by atoms with Gasteiger partial charge in [0.25, 0.3) is 5.91 Å². The molecule has 0 spiro atoms. The number of rotatable bonds is 6. The van der Waals surface area contributed by atoms with E-state index in [2.05, 4.69) is 0 Å². The Morgan fingerprint density at radius 3 is 2.47 bits per heavy atom. The van der Waals surface area contributed by atoms with Crippen LogP contribution in [0.2, 0.25) is 0 Å². The second-order valence-electron chi connectivity index (χ2n) is 11.0. The number of likely N-dealkylation sites (tertiary alicyclic amines) is 1. The van der Waals surface area contributed by atoms with Crippen LogP contribution < -0.4 is 4.74 Å². The lowest BCUT2D eigenvalue weighted by atomic mass is 9.70. The minimum Gasteiger partial charge on any atom is -0.493 e. The maximum absolute atomic E-state index is 15.1. The standard InChI is InChI=1S/C25H30FNO5/c26-19-8-21(32-12-25-9-13-5-15(10-25)16(6-13)11-25)17(14-1-2-14)7-18(19)23(29)27-4-3-20(28)22(27)24(30)31/h7-8,13-16,20,22,28H,1-6,9-12H2,(H,30,31)/t13?,15?,16?,20-,22+,25?/m1/s1. The average Bonchev–Trinajstić information content (AvgIpc) is 3.39. The molecule has 172 valence electrons. The van der Waals surface area contributed by atoms with Gasteiger partial charge in [0.05, 0.1) is 18.3 Å². The number of aliphatic hydroxyl groups excluding tert-OH is 1. The molecule has 1 amide bonds. The molecule has 6 nitrogen and oxygen atoms in total. The highest BCUT2D eigenvalue weighted by atomic mass is 19.1. The van der Waals surface area contributed by atoms with Crippen molar-refractivity contribution in [1.82, 2.24) is 4.90 Å². The van der Waals surface area contributed by atoms with E-state index in [1.165, 1.54) is 38.2 Å². The number of carboxylic acids is 1. The summed E-state index contributed by atoms with van der Waals surface area (Å²) >= 11 is 0. The topological polar surface area (TPSA) is 87.1 Å². The molecule has 4 atom stereocenters. The summed E-state index contributed by atoms with van der Waals surface area (Å²) in [5.41, 5.74) is 0.953. The van der Waals surface area contributed by atoms with E-state index in [9.17, 15) is 19.8 Å². The number of ether oxygens (including phenoxy) is 1. The van der Waals surface area contributed by atoms with Crippen molar-refractivity contribution in [2.45, 2.75) is 69.4 Å². The number of carbonyl (C=O) groups excluding carboxylic acids is 1. The van der Waals surface area contributed by atoms with E-state index in [0.717, 1.165) is 41.1 Å². The Morgan fingerprint density at radius 1 is 1.12 bits per heavy atom. The third-order valence-electron chi connectivity index (χ3n) is 8.81. The summed E-state index contributed by atoms with van der Waals surface area (Å²) in [5.74, 6) is 0.669. The number of amides is 1. The molecule has 0 aromatic heterocycles. The van der Waals surface area contributed by atoms with Crippen LogP contribution in [0, 0.1) is 29.0 Å². The van der Waals surface area contributed by atoms with E-state index in [0.29, 0.717) is 12.4 Å². The molecule has 6 fully saturated rings. The van der Waals surface area contributed by atoms with E-state index < -0.39 is 29.8 Å². The molecule has 5 saturated carbocycles. The lowest BCUT2D eigenvalue weighted by Crippen LogP contribution is -2.45. The fourth-order valence-electron chi connectivity index (χ4n) is 7.42. The van der Waals surface area contributed by atoms with Crippen molar-refractivity contribution in [3.05, 3.63) is 29.1 Å². The lowest BCUT2D eigenvalue weighted by molar-refractivity contribution is -0.144. The first-order valence-corrected chi connectivity index (χ1v) is 12.0. The number of halogens is 1. The van der Waals surface area contributed by atoms with Gasteiger partial charge in [-0.1, -0.05) is 0 Å². The number of benzene rings is 1. The van der Waals surface area contributed by atoms with Crippen molar-refractivity contribution in [1.29, 1.82) is 0 Å². The molecule has 1 aromatic rings. The maximum Gasteiger partial charge on any atom is 0.329 e. The Labute approximate surface area is 186 Å². The summed E-state index contributed by atoms with van der Waals surface area (Å²) < 4.78 is 21.4. The molecule has 2 N–H and O–H groups in total. The minimum absolute atomic E-state index is 0.0967. The highest BCUT2D eigenvalue weighted by Crippen LogP contribution is 2.64. The second-order valence-corrected chi connectivity index (χ2v) is 11.0. The number of aliphatic hydroxyl groups is 1. The molecular weight excluding hydrogens is 413 g/mol. The van der Waals surface area contributed by atoms with Gasteiger partial charge in [0.2, 0.25) is 0 Å². The van der Waals surface area contributed by atoms with Crippen LogP contribution in [0.4, 0.5) is 4.39 Å². The van der Waals surface area contributed by atoms with Gasteiger partial charge in [-0.3, -0.25) is 4.79 Å². The summed E-state index contributed by atoms with van der Waals surface area (Å²) in [6, 6.07) is 1.56. The van der Waals surface area contributed by atoms with Gasteiger partial charge in [0, 0.05) is 18.0 Å². The molecule has 32 heavy (non-hydrogen) atoms. The molecular formula is C25H30FNO5. The molecule has 7 heteroatoms. The van der Waals surface area contributed by atoms with E-state index in [4.69, 9.17) is 4.74 Å². The van der Waals surface area contributed by atoms with Crippen molar-refractivity contribution >= 4 is 11.9 Å². The number of carboxylic acid groups (broad SMARTS) is 1. The Morgan fingerprint density at radius 2 is 1.84 bits per heavy atom. The number of aliphatic carboxylic acids is 1. The van der Waals surface area contributed by atoms with E-state index in [-0.39, 0.29) is 29.9 Å². The quantitative estimate of drug-likeness (QED) is 0.702. The van der Waals surface area contributed by atoms with Crippen LogP contribution in [0.1, 0.15) is 73.2 Å². The number of hydrogen-bond acceptors (Lipinski definition) is 4. The van der Waals surface area contributed by atoms with Crippen LogP contribution >= 0.6 is 0 Å². The number of nitrogens with zero attached hydrogens (tertiary/aromatic N) is 1. The molecule has 2 unspecified atom stereocenters. The van der Waals surface area contributed by atoms with Gasteiger partial charge in [-0.05, 0) is 86.7 Å². The highest BCUT2D eigenvalue weighted by Gasteiger charge is 2.56. The van der Waals surface area contributed by atoms with Gasteiger partial charge in [-0.25, -0.2) is 9.18 Å². The normalized spacial score (nSPS) is 37.3.